The Morgan fingerprint density at radius 3 is 2.55 bits per heavy atom. The molecule has 124 valence electrons. The molecule has 5 nitrogen and oxygen atoms in total. The van der Waals surface area contributed by atoms with Crippen molar-refractivity contribution in [3.8, 4) is 0 Å². The fourth-order valence-corrected chi connectivity index (χ4v) is 2.74. The van der Waals surface area contributed by atoms with Gasteiger partial charge in [0.25, 0.3) is 0 Å². The van der Waals surface area contributed by atoms with Gasteiger partial charge in [-0.2, -0.15) is 0 Å². The van der Waals surface area contributed by atoms with E-state index in [2.05, 4.69) is 15.6 Å². The summed E-state index contributed by atoms with van der Waals surface area (Å²) >= 11 is 0. The molecule has 6 heteroatoms. The van der Waals surface area contributed by atoms with Crippen LogP contribution in [0.2, 0.25) is 0 Å². The second kappa shape index (κ2) is 9.58. The molecule has 0 saturated heterocycles. The van der Waals surface area contributed by atoms with Gasteiger partial charge in [-0.3, -0.25) is 9.20 Å². The molecular formula is C16H27N3O2S. The molecule has 0 aromatic heterocycles. The second-order valence-corrected chi connectivity index (χ2v) is 7.17. The third-order valence-electron chi connectivity index (χ3n) is 3.25. The van der Waals surface area contributed by atoms with Crippen LogP contribution in [0.15, 0.2) is 35.3 Å². The molecule has 1 atom stereocenters. The van der Waals surface area contributed by atoms with Gasteiger partial charge in [0.05, 0.1) is 5.60 Å². The summed E-state index contributed by atoms with van der Waals surface area (Å²) in [5.41, 5.74) is 0.846. The lowest BCUT2D eigenvalue weighted by molar-refractivity contribution is 0.0268. The first kappa shape index (κ1) is 18.6. The minimum atomic E-state index is -0.882. The van der Waals surface area contributed by atoms with Gasteiger partial charge in [0.15, 0.2) is 5.96 Å². The summed E-state index contributed by atoms with van der Waals surface area (Å²) in [7, 11) is 2.52. The van der Waals surface area contributed by atoms with E-state index in [1.54, 1.807) is 14.2 Å². The van der Waals surface area contributed by atoms with Crippen molar-refractivity contribution in [2.24, 2.45) is 4.99 Å². The molecule has 22 heavy (non-hydrogen) atoms. The summed E-state index contributed by atoms with van der Waals surface area (Å²) in [5, 5.41) is 6.37. The van der Waals surface area contributed by atoms with Crippen LogP contribution in [0.25, 0.3) is 0 Å². The zero-order chi connectivity index (χ0) is 16.4. The van der Waals surface area contributed by atoms with Crippen LogP contribution in [0.5, 0.6) is 0 Å². The molecule has 1 rings (SSSR count). The van der Waals surface area contributed by atoms with Crippen molar-refractivity contribution in [2.75, 3.05) is 33.0 Å². The maximum absolute atomic E-state index is 12.0. The number of hydrogen-bond donors (Lipinski definition) is 2. The van der Waals surface area contributed by atoms with Crippen molar-refractivity contribution in [3.63, 3.8) is 0 Å². The summed E-state index contributed by atoms with van der Waals surface area (Å²) in [5.74, 6) is 1.87. The van der Waals surface area contributed by atoms with Gasteiger partial charge in [-0.1, -0.05) is 30.3 Å². The summed E-state index contributed by atoms with van der Waals surface area (Å²) < 4.78 is 17.4. The molecule has 0 fully saturated rings. The van der Waals surface area contributed by atoms with Gasteiger partial charge in [0.1, 0.15) is 0 Å². The van der Waals surface area contributed by atoms with Crippen molar-refractivity contribution in [2.45, 2.75) is 25.2 Å². The highest BCUT2D eigenvalue weighted by Crippen LogP contribution is 2.04. The Kier molecular flexibility index (Phi) is 8.12. The first-order valence-corrected chi connectivity index (χ1v) is 8.84. The van der Waals surface area contributed by atoms with Crippen LogP contribution in [-0.4, -0.2) is 48.8 Å². The molecule has 0 saturated carbocycles. The van der Waals surface area contributed by atoms with E-state index in [4.69, 9.17) is 4.74 Å². The normalized spacial score (nSPS) is 13.7. The molecule has 0 aliphatic rings. The number of rotatable bonds is 8. The SMILES string of the molecule is CN=C(NCCS(=O)Cc1ccccc1)NCC(C)(C)OC. The summed E-state index contributed by atoms with van der Waals surface area (Å²) in [6.07, 6.45) is 0. The maximum Gasteiger partial charge on any atom is 0.191 e. The third kappa shape index (κ3) is 7.56. The van der Waals surface area contributed by atoms with E-state index in [1.165, 1.54) is 0 Å². The van der Waals surface area contributed by atoms with E-state index < -0.39 is 10.8 Å². The van der Waals surface area contributed by atoms with Gasteiger partial charge < -0.3 is 15.4 Å². The van der Waals surface area contributed by atoms with E-state index in [9.17, 15) is 4.21 Å². The molecule has 1 unspecified atom stereocenters. The third-order valence-corrected chi connectivity index (χ3v) is 4.57. The van der Waals surface area contributed by atoms with Crippen molar-refractivity contribution in [1.82, 2.24) is 10.6 Å². The Morgan fingerprint density at radius 2 is 1.95 bits per heavy atom. The zero-order valence-corrected chi connectivity index (χ0v) is 14.7. The Balaban J connectivity index is 2.28. The first-order valence-electron chi connectivity index (χ1n) is 7.35. The molecule has 0 aliphatic heterocycles. The standard InChI is InChI=1S/C16H27N3O2S/c1-16(2,21-4)13-19-15(17-3)18-10-11-22(20)12-14-8-6-5-7-9-14/h5-9H,10-13H2,1-4H3,(H2,17,18,19). The number of hydrogen-bond acceptors (Lipinski definition) is 3. The maximum atomic E-state index is 12.0. The molecule has 1 aromatic carbocycles. The van der Waals surface area contributed by atoms with Crippen LogP contribution in [-0.2, 0) is 21.3 Å². The van der Waals surface area contributed by atoms with Gasteiger partial charge in [-0.05, 0) is 19.4 Å². The quantitative estimate of drug-likeness (QED) is 0.562. The highest BCUT2D eigenvalue weighted by molar-refractivity contribution is 7.84. The van der Waals surface area contributed by atoms with E-state index in [0.29, 0.717) is 30.6 Å². The summed E-state index contributed by atoms with van der Waals surface area (Å²) in [6, 6.07) is 9.89. The lowest BCUT2D eigenvalue weighted by Gasteiger charge is -2.24. The Bertz CT molecular complexity index is 489. The molecule has 0 amide bonds. The van der Waals surface area contributed by atoms with Crippen LogP contribution < -0.4 is 10.6 Å². The van der Waals surface area contributed by atoms with Crippen LogP contribution in [0.1, 0.15) is 19.4 Å². The topological polar surface area (TPSA) is 62.7 Å². The van der Waals surface area contributed by atoms with Crippen molar-refractivity contribution in [3.05, 3.63) is 35.9 Å². The summed E-state index contributed by atoms with van der Waals surface area (Å²) in [6.45, 7) is 5.27. The predicted molar refractivity (Wildman–Crippen MR) is 93.6 cm³/mol. The Labute approximate surface area is 136 Å². The number of nitrogens with one attached hydrogen (secondary N) is 2. The average molecular weight is 325 g/mol. The highest BCUT2D eigenvalue weighted by Gasteiger charge is 2.16. The smallest absolute Gasteiger partial charge is 0.191 e. The monoisotopic (exact) mass is 325 g/mol. The van der Waals surface area contributed by atoms with Gasteiger partial charge in [-0.25, -0.2) is 0 Å². The van der Waals surface area contributed by atoms with Gasteiger partial charge in [0, 0.05) is 49.6 Å². The number of aliphatic imine (C=N–C) groups is 1. The largest absolute Gasteiger partial charge is 0.377 e. The first-order chi connectivity index (χ1) is 10.5. The summed E-state index contributed by atoms with van der Waals surface area (Å²) in [4.78, 5) is 4.15. The number of ether oxygens (including phenoxy) is 1. The lowest BCUT2D eigenvalue weighted by Crippen LogP contribution is -2.46. The van der Waals surface area contributed by atoms with E-state index in [0.717, 1.165) is 5.56 Å². The van der Waals surface area contributed by atoms with Crippen LogP contribution in [0, 0.1) is 0 Å². The molecule has 1 aromatic rings. The number of methoxy groups -OCH3 is 1. The van der Waals surface area contributed by atoms with Crippen molar-refractivity contribution >= 4 is 16.8 Å². The number of benzene rings is 1. The van der Waals surface area contributed by atoms with E-state index >= 15 is 0 Å². The number of guanidine groups is 1. The van der Waals surface area contributed by atoms with Crippen LogP contribution in [0.3, 0.4) is 0 Å². The molecule has 0 bridgehead atoms. The Hall–Kier alpha value is -1.40. The van der Waals surface area contributed by atoms with E-state index in [-0.39, 0.29) is 5.60 Å². The second-order valence-electron chi connectivity index (χ2n) is 5.59. The van der Waals surface area contributed by atoms with Gasteiger partial charge in [0.2, 0.25) is 0 Å². The number of nitrogens with zero attached hydrogens (tertiary/aromatic N) is 1. The van der Waals surface area contributed by atoms with Crippen LogP contribution in [0.4, 0.5) is 0 Å². The van der Waals surface area contributed by atoms with Crippen LogP contribution >= 0.6 is 0 Å². The van der Waals surface area contributed by atoms with Gasteiger partial charge in [-0.15, -0.1) is 0 Å². The van der Waals surface area contributed by atoms with Crippen molar-refractivity contribution in [1.29, 1.82) is 0 Å². The zero-order valence-electron chi connectivity index (χ0n) is 13.9. The average Bonchev–Trinajstić information content (AvgIpc) is 2.51. The fraction of sp³-hybridized carbons (Fsp3) is 0.562. The molecular weight excluding hydrogens is 298 g/mol. The highest BCUT2D eigenvalue weighted by atomic mass is 32.2. The predicted octanol–water partition coefficient (Wildman–Crippen LogP) is 1.53. The molecule has 0 aliphatic carbocycles. The molecule has 0 spiro atoms. The lowest BCUT2D eigenvalue weighted by atomic mass is 10.1. The molecule has 0 heterocycles. The molecule has 2 N–H and O–H groups in total. The minimum absolute atomic E-state index is 0.256. The Morgan fingerprint density at radius 1 is 1.27 bits per heavy atom. The van der Waals surface area contributed by atoms with Crippen molar-refractivity contribution < 1.29 is 8.95 Å². The molecule has 0 radical (unpaired) electrons. The van der Waals surface area contributed by atoms with Gasteiger partial charge >= 0.3 is 0 Å². The minimum Gasteiger partial charge on any atom is -0.377 e. The fourth-order valence-electron chi connectivity index (χ4n) is 1.70. The van der Waals surface area contributed by atoms with E-state index in [1.807, 2.05) is 44.2 Å².